The van der Waals surface area contributed by atoms with Crippen LogP contribution in [-0.2, 0) is 4.74 Å². The standard InChI is InChI=1S/C23H20N2O4/c1-13-18(11-15-10-16(28-3)8-9-19(15)24-13)23(27)29-12-21(26)22-14(2)25-20-7-5-4-6-17(20)22/h4-11,25H,12H2,1-3H3. The van der Waals surface area contributed by atoms with E-state index < -0.39 is 5.97 Å². The van der Waals surface area contributed by atoms with Gasteiger partial charge in [-0.05, 0) is 44.2 Å². The average molecular weight is 388 g/mol. The van der Waals surface area contributed by atoms with E-state index >= 15 is 0 Å². The number of rotatable bonds is 5. The molecule has 0 amide bonds. The third-order valence-corrected chi connectivity index (χ3v) is 4.94. The number of carbonyl (C=O) groups excluding carboxylic acids is 2. The normalized spacial score (nSPS) is 11.0. The Hall–Kier alpha value is -3.67. The molecule has 0 unspecified atom stereocenters. The van der Waals surface area contributed by atoms with Crippen LogP contribution in [0.25, 0.3) is 21.8 Å². The Morgan fingerprint density at radius 1 is 1.07 bits per heavy atom. The molecule has 0 aliphatic rings. The van der Waals surface area contributed by atoms with Crippen LogP contribution < -0.4 is 4.74 Å². The molecule has 0 bridgehead atoms. The van der Waals surface area contributed by atoms with Crippen molar-refractivity contribution in [1.29, 1.82) is 0 Å². The third kappa shape index (κ3) is 3.45. The van der Waals surface area contributed by atoms with Gasteiger partial charge in [-0.25, -0.2) is 4.79 Å². The second-order valence-electron chi connectivity index (χ2n) is 6.85. The molecular formula is C23H20N2O4. The van der Waals surface area contributed by atoms with E-state index in [-0.39, 0.29) is 12.4 Å². The number of aromatic amines is 1. The van der Waals surface area contributed by atoms with E-state index in [0.717, 1.165) is 27.5 Å². The number of esters is 1. The number of hydrogen-bond acceptors (Lipinski definition) is 5. The lowest BCUT2D eigenvalue weighted by Gasteiger charge is -2.09. The van der Waals surface area contributed by atoms with Crippen molar-refractivity contribution in [3.63, 3.8) is 0 Å². The van der Waals surface area contributed by atoms with Crippen molar-refractivity contribution in [3.8, 4) is 5.75 Å². The molecule has 6 nitrogen and oxygen atoms in total. The maximum atomic E-state index is 12.7. The van der Waals surface area contributed by atoms with Gasteiger partial charge in [-0.2, -0.15) is 0 Å². The molecule has 0 aliphatic heterocycles. The predicted molar refractivity (Wildman–Crippen MR) is 111 cm³/mol. The lowest BCUT2D eigenvalue weighted by atomic mass is 10.1. The molecule has 2 aromatic heterocycles. The van der Waals surface area contributed by atoms with E-state index in [2.05, 4.69) is 9.97 Å². The second kappa shape index (κ2) is 7.39. The smallest absolute Gasteiger partial charge is 0.340 e. The maximum Gasteiger partial charge on any atom is 0.340 e. The number of ketones is 1. The number of H-pyrrole nitrogens is 1. The Balaban J connectivity index is 1.57. The van der Waals surface area contributed by atoms with Gasteiger partial charge < -0.3 is 14.5 Å². The van der Waals surface area contributed by atoms with Gasteiger partial charge in [0.2, 0.25) is 5.78 Å². The van der Waals surface area contributed by atoms with Gasteiger partial charge in [-0.15, -0.1) is 0 Å². The first-order chi connectivity index (χ1) is 14.0. The number of carbonyl (C=O) groups is 2. The van der Waals surface area contributed by atoms with Crippen molar-refractivity contribution in [2.45, 2.75) is 13.8 Å². The molecule has 4 rings (SSSR count). The van der Waals surface area contributed by atoms with Crippen molar-refractivity contribution in [1.82, 2.24) is 9.97 Å². The fourth-order valence-electron chi connectivity index (χ4n) is 3.50. The first-order valence-corrected chi connectivity index (χ1v) is 9.21. The number of nitrogens with zero attached hydrogens (tertiary/aromatic N) is 1. The maximum absolute atomic E-state index is 12.7. The molecule has 146 valence electrons. The van der Waals surface area contributed by atoms with Crippen LogP contribution in [0.2, 0.25) is 0 Å². The second-order valence-corrected chi connectivity index (χ2v) is 6.85. The number of pyridine rings is 1. The molecule has 0 fully saturated rings. The Bertz CT molecular complexity index is 1260. The Morgan fingerprint density at radius 2 is 1.86 bits per heavy atom. The highest BCUT2D eigenvalue weighted by Gasteiger charge is 2.19. The van der Waals surface area contributed by atoms with Gasteiger partial charge in [-0.3, -0.25) is 9.78 Å². The van der Waals surface area contributed by atoms with Crippen molar-refractivity contribution >= 4 is 33.6 Å². The number of hydrogen-bond donors (Lipinski definition) is 1. The fourth-order valence-corrected chi connectivity index (χ4v) is 3.50. The fraction of sp³-hybridized carbons (Fsp3) is 0.174. The van der Waals surface area contributed by atoms with Crippen LogP contribution in [0.1, 0.15) is 32.1 Å². The summed E-state index contributed by atoms with van der Waals surface area (Å²) in [6, 6.07) is 14.7. The Labute approximate surface area is 167 Å². The summed E-state index contributed by atoms with van der Waals surface area (Å²) in [6.07, 6.45) is 0. The molecule has 0 saturated heterocycles. The molecule has 0 saturated carbocycles. The van der Waals surface area contributed by atoms with Gasteiger partial charge in [0.25, 0.3) is 0 Å². The summed E-state index contributed by atoms with van der Waals surface area (Å²) < 4.78 is 10.6. The van der Waals surface area contributed by atoms with Crippen LogP contribution in [0.15, 0.2) is 48.5 Å². The molecule has 6 heteroatoms. The van der Waals surface area contributed by atoms with Crippen LogP contribution >= 0.6 is 0 Å². The van der Waals surface area contributed by atoms with E-state index in [0.29, 0.717) is 22.6 Å². The zero-order valence-corrected chi connectivity index (χ0v) is 16.4. The van der Waals surface area contributed by atoms with E-state index in [1.54, 1.807) is 26.2 Å². The lowest BCUT2D eigenvalue weighted by molar-refractivity contribution is 0.0474. The number of fused-ring (bicyclic) bond motifs is 2. The van der Waals surface area contributed by atoms with Crippen LogP contribution in [-0.4, -0.2) is 35.4 Å². The molecule has 0 spiro atoms. The minimum absolute atomic E-state index is 0.249. The molecule has 1 N–H and O–H groups in total. The van der Waals surface area contributed by atoms with Gasteiger partial charge in [0.15, 0.2) is 6.61 Å². The molecule has 0 aliphatic carbocycles. The molecular weight excluding hydrogens is 368 g/mol. The lowest BCUT2D eigenvalue weighted by Crippen LogP contribution is -2.16. The topological polar surface area (TPSA) is 81.3 Å². The Kier molecular flexibility index (Phi) is 4.76. The van der Waals surface area contributed by atoms with Crippen LogP contribution in [0.3, 0.4) is 0 Å². The number of aryl methyl sites for hydroxylation is 2. The highest BCUT2D eigenvalue weighted by Crippen LogP contribution is 2.24. The Morgan fingerprint density at radius 3 is 2.66 bits per heavy atom. The van der Waals surface area contributed by atoms with Gasteiger partial charge in [0.05, 0.1) is 23.9 Å². The van der Waals surface area contributed by atoms with Gasteiger partial charge in [-0.1, -0.05) is 18.2 Å². The molecule has 0 radical (unpaired) electrons. The van der Waals surface area contributed by atoms with Gasteiger partial charge in [0, 0.05) is 27.5 Å². The van der Waals surface area contributed by atoms with Crippen LogP contribution in [0.5, 0.6) is 5.75 Å². The number of benzene rings is 2. The third-order valence-electron chi connectivity index (χ3n) is 4.94. The summed E-state index contributed by atoms with van der Waals surface area (Å²) in [7, 11) is 1.58. The van der Waals surface area contributed by atoms with Crippen LogP contribution in [0, 0.1) is 13.8 Å². The first kappa shape index (κ1) is 18.7. The van der Waals surface area contributed by atoms with Crippen molar-refractivity contribution in [3.05, 3.63) is 71.0 Å². The first-order valence-electron chi connectivity index (χ1n) is 9.21. The van der Waals surface area contributed by atoms with Gasteiger partial charge >= 0.3 is 5.97 Å². The molecule has 2 heterocycles. The minimum Gasteiger partial charge on any atom is -0.497 e. The van der Waals surface area contributed by atoms with E-state index in [1.807, 2.05) is 43.3 Å². The number of methoxy groups -OCH3 is 1. The monoisotopic (exact) mass is 388 g/mol. The summed E-state index contributed by atoms with van der Waals surface area (Å²) in [5, 5.41) is 1.59. The number of ether oxygens (including phenoxy) is 2. The summed E-state index contributed by atoms with van der Waals surface area (Å²) >= 11 is 0. The number of Topliss-reactive ketones (excluding diaryl/α,β-unsaturated/α-hetero) is 1. The molecule has 4 aromatic rings. The highest BCUT2D eigenvalue weighted by molar-refractivity contribution is 6.10. The molecule has 29 heavy (non-hydrogen) atoms. The summed E-state index contributed by atoms with van der Waals surface area (Å²) in [4.78, 5) is 33.0. The number of aromatic nitrogens is 2. The van der Waals surface area contributed by atoms with Crippen molar-refractivity contribution in [2.24, 2.45) is 0 Å². The largest absolute Gasteiger partial charge is 0.497 e. The van der Waals surface area contributed by atoms with Gasteiger partial charge in [0.1, 0.15) is 5.75 Å². The average Bonchev–Trinajstić information content (AvgIpc) is 3.06. The van der Waals surface area contributed by atoms with E-state index in [9.17, 15) is 9.59 Å². The SMILES string of the molecule is COc1ccc2nc(C)c(C(=O)OCC(=O)c3c(C)[nH]c4ccccc34)cc2c1. The zero-order valence-electron chi connectivity index (χ0n) is 16.4. The van der Waals surface area contributed by atoms with E-state index in [1.165, 1.54) is 0 Å². The summed E-state index contributed by atoms with van der Waals surface area (Å²) in [6.45, 7) is 3.24. The van der Waals surface area contributed by atoms with Crippen molar-refractivity contribution < 1.29 is 19.1 Å². The predicted octanol–water partition coefficient (Wildman–Crippen LogP) is 4.38. The molecule has 0 atom stereocenters. The van der Waals surface area contributed by atoms with Crippen molar-refractivity contribution in [2.75, 3.05) is 13.7 Å². The van der Waals surface area contributed by atoms with E-state index in [4.69, 9.17) is 9.47 Å². The van der Waals surface area contributed by atoms with Crippen LogP contribution in [0.4, 0.5) is 0 Å². The summed E-state index contributed by atoms with van der Waals surface area (Å²) in [5.41, 5.74) is 3.81. The molecule has 2 aromatic carbocycles. The number of nitrogens with one attached hydrogen (secondary N) is 1. The summed E-state index contributed by atoms with van der Waals surface area (Å²) in [5.74, 6) is -0.153. The number of para-hydroxylation sites is 1. The quantitative estimate of drug-likeness (QED) is 0.405. The zero-order chi connectivity index (χ0) is 20.5. The highest BCUT2D eigenvalue weighted by atomic mass is 16.5. The minimum atomic E-state index is -0.578.